The van der Waals surface area contributed by atoms with Gasteiger partial charge < -0.3 is 14.8 Å². The molecular weight excluding hydrogens is 459 g/mol. The quantitative estimate of drug-likeness (QED) is 0.308. The summed E-state index contributed by atoms with van der Waals surface area (Å²) in [5.74, 6) is -0.709. The van der Waals surface area contributed by atoms with Crippen molar-refractivity contribution in [1.82, 2.24) is 19.5 Å². The number of aromatic nitrogens is 4. The Kier molecular flexibility index (Phi) is 7.55. The van der Waals surface area contributed by atoms with Crippen molar-refractivity contribution >= 4 is 5.97 Å². The van der Waals surface area contributed by atoms with E-state index < -0.39 is 11.6 Å². The Morgan fingerprint density at radius 3 is 2.44 bits per heavy atom. The van der Waals surface area contributed by atoms with Crippen molar-refractivity contribution in [3.8, 4) is 34.0 Å². The van der Waals surface area contributed by atoms with E-state index in [0.29, 0.717) is 36.6 Å². The fourth-order valence-corrected chi connectivity index (χ4v) is 4.56. The van der Waals surface area contributed by atoms with Crippen LogP contribution in [0.25, 0.3) is 34.0 Å². The van der Waals surface area contributed by atoms with Gasteiger partial charge in [-0.25, -0.2) is 19.3 Å². The van der Waals surface area contributed by atoms with Crippen LogP contribution in [0.1, 0.15) is 33.1 Å². The Balaban J connectivity index is 1.81. The molecule has 0 aliphatic heterocycles. The number of carbonyl (C=O) groups is 1. The van der Waals surface area contributed by atoms with Crippen LogP contribution in [-0.4, -0.2) is 41.3 Å². The Morgan fingerprint density at radius 2 is 1.81 bits per heavy atom. The maximum Gasteiger partial charge on any atom is 0.303 e. The third-order valence-corrected chi connectivity index (χ3v) is 6.13. The number of aliphatic hydroxyl groups is 1. The molecule has 2 aromatic heterocycles. The molecule has 2 heterocycles. The van der Waals surface area contributed by atoms with Gasteiger partial charge in [-0.2, -0.15) is 0 Å². The first-order valence-electron chi connectivity index (χ1n) is 11.9. The molecule has 0 aliphatic rings. The number of hydrogen-bond donors (Lipinski definition) is 2. The molecule has 2 unspecified atom stereocenters. The number of rotatable bonds is 10. The van der Waals surface area contributed by atoms with Crippen molar-refractivity contribution in [3.05, 3.63) is 79.0 Å². The number of nitrogens with zero attached hydrogens (tertiary/aromatic N) is 4. The van der Waals surface area contributed by atoms with Gasteiger partial charge in [-0.1, -0.05) is 37.3 Å². The maximum atomic E-state index is 13.8. The number of hydrogen-bond acceptors (Lipinski definition) is 5. The van der Waals surface area contributed by atoms with Crippen LogP contribution >= 0.6 is 0 Å². The molecule has 186 valence electrons. The fraction of sp³-hybridized carbons (Fsp3) is 0.286. The molecule has 0 aliphatic carbocycles. The molecule has 8 heteroatoms. The second kappa shape index (κ2) is 10.8. The predicted molar refractivity (Wildman–Crippen MR) is 135 cm³/mol. The topological polar surface area (TPSA) is 101 Å². The van der Waals surface area contributed by atoms with E-state index in [1.54, 1.807) is 31.3 Å². The van der Waals surface area contributed by atoms with Crippen LogP contribution in [0.4, 0.5) is 4.39 Å². The van der Waals surface area contributed by atoms with Gasteiger partial charge in [0.15, 0.2) is 0 Å². The number of halogens is 1. The van der Waals surface area contributed by atoms with E-state index in [4.69, 9.17) is 10.1 Å². The molecule has 36 heavy (non-hydrogen) atoms. The summed E-state index contributed by atoms with van der Waals surface area (Å²) in [5, 5.41) is 20.3. The summed E-state index contributed by atoms with van der Waals surface area (Å²) in [4.78, 5) is 24.5. The molecule has 4 aromatic rings. The second-order valence-electron chi connectivity index (χ2n) is 9.41. The molecule has 0 spiro atoms. The molecule has 2 aromatic carbocycles. The highest BCUT2D eigenvalue weighted by Gasteiger charge is 2.27. The predicted octanol–water partition coefficient (Wildman–Crippen LogP) is 5.46. The van der Waals surface area contributed by atoms with E-state index in [1.807, 2.05) is 41.8 Å². The minimum absolute atomic E-state index is 0.00478. The van der Waals surface area contributed by atoms with Gasteiger partial charge in [-0.15, -0.1) is 0 Å². The molecule has 0 bridgehead atoms. The van der Waals surface area contributed by atoms with Gasteiger partial charge >= 0.3 is 5.97 Å². The SMILES string of the molecule is CC(CC(=O)O)CC(C)(O)CCn1c(-c2ccccc2)nc(-c2ccncn2)c1-c1ccc(F)cc1. The monoisotopic (exact) mass is 488 g/mol. The zero-order chi connectivity index (χ0) is 25.7. The minimum Gasteiger partial charge on any atom is -0.481 e. The van der Waals surface area contributed by atoms with Gasteiger partial charge in [-0.3, -0.25) is 4.79 Å². The van der Waals surface area contributed by atoms with Crippen LogP contribution in [-0.2, 0) is 11.3 Å². The number of carboxylic acids is 1. The molecule has 2 atom stereocenters. The van der Waals surface area contributed by atoms with Crippen LogP contribution in [0.15, 0.2) is 73.2 Å². The summed E-state index contributed by atoms with van der Waals surface area (Å²) in [6.07, 6.45) is 3.81. The third-order valence-electron chi connectivity index (χ3n) is 6.13. The normalized spacial score (nSPS) is 13.8. The van der Waals surface area contributed by atoms with Crippen molar-refractivity contribution in [2.45, 2.75) is 45.3 Å². The lowest BCUT2D eigenvalue weighted by Crippen LogP contribution is -2.29. The van der Waals surface area contributed by atoms with Crippen LogP contribution in [0.3, 0.4) is 0 Å². The van der Waals surface area contributed by atoms with Gasteiger partial charge in [-0.05, 0) is 56.0 Å². The lowest BCUT2D eigenvalue weighted by atomic mass is 9.88. The van der Waals surface area contributed by atoms with Gasteiger partial charge in [0.1, 0.15) is 23.7 Å². The zero-order valence-corrected chi connectivity index (χ0v) is 20.3. The van der Waals surface area contributed by atoms with Gasteiger partial charge in [0.25, 0.3) is 0 Å². The highest BCUT2D eigenvalue weighted by Crippen LogP contribution is 2.36. The van der Waals surface area contributed by atoms with E-state index in [-0.39, 0.29) is 18.2 Å². The summed E-state index contributed by atoms with van der Waals surface area (Å²) in [5.41, 5.74) is 2.56. The Bertz CT molecular complexity index is 1310. The summed E-state index contributed by atoms with van der Waals surface area (Å²) in [6.45, 7) is 3.96. The fourth-order valence-electron chi connectivity index (χ4n) is 4.56. The summed E-state index contributed by atoms with van der Waals surface area (Å²) in [7, 11) is 0. The molecule has 0 saturated carbocycles. The molecule has 0 fully saturated rings. The minimum atomic E-state index is -1.09. The van der Waals surface area contributed by atoms with E-state index in [0.717, 1.165) is 16.8 Å². The van der Waals surface area contributed by atoms with Crippen LogP contribution in [0.2, 0.25) is 0 Å². The lowest BCUT2D eigenvalue weighted by Gasteiger charge is -2.27. The number of imidazole rings is 1. The van der Waals surface area contributed by atoms with Crippen molar-refractivity contribution < 1.29 is 19.4 Å². The van der Waals surface area contributed by atoms with Crippen LogP contribution < -0.4 is 0 Å². The first-order chi connectivity index (χ1) is 17.2. The Hall–Kier alpha value is -3.91. The largest absolute Gasteiger partial charge is 0.481 e. The average Bonchev–Trinajstić information content (AvgIpc) is 3.23. The van der Waals surface area contributed by atoms with Crippen molar-refractivity contribution in [2.75, 3.05) is 0 Å². The van der Waals surface area contributed by atoms with E-state index >= 15 is 0 Å². The molecule has 0 saturated heterocycles. The first kappa shape index (κ1) is 25.2. The molecular formula is C28H29FN4O3. The number of benzene rings is 2. The summed E-state index contributed by atoms with van der Waals surface area (Å²) < 4.78 is 15.8. The van der Waals surface area contributed by atoms with Gasteiger partial charge in [0.2, 0.25) is 0 Å². The van der Waals surface area contributed by atoms with E-state index in [1.165, 1.54) is 18.5 Å². The Morgan fingerprint density at radius 1 is 1.08 bits per heavy atom. The Labute approximate surface area is 209 Å². The molecule has 7 nitrogen and oxygen atoms in total. The van der Waals surface area contributed by atoms with Crippen molar-refractivity contribution in [3.63, 3.8) is 0 Å². The second-order valence-corrected chi connectivity index (χ2v) is 9.41. The smallest absolute Gasteiger partial charge is 0.303 e. The highest BCUT2D eigenvalue weighted by molar-refractivity contribution is 5.80. The lowest BCUT2D eigenvalue weighted by molar-refractivity contribution is -0.138. The third kappa shape index (κ3) is 6.01. The first-order valence-corrected chi connectivity index (χ1v) is 11.9. The highest BCUT2D eigenvalue weighted by atomic mass is 19.1. The van der Waals surface area contributed by atoms with Gasteiger partial charge in [0.05, 0.1) is 17.0 Å². The standard InChI is InChI=1S/C28H29FN4O3/c1-19(16-24(34)35)17-28(2,36)13-15-33-26(20-8-10-22(29)11-9-20)25(23-12-14-30-18-31-23)32-27(33)21-6-4-3-5-7-21/h3-12,14,18-19,36H,13,15-17H2,1-2H3,(H,34,35). The van der Waals surface area contributed by atoms with Crippen molar-refractivity contribution in [2.24, 2.45) is 5.92 Å². The number of carboxylic acid groups (broad SMARTS) is 1. The van der Waals surface area contributed by atoms with E-state index in [9.17, 15) is 14.3 Å². The van der Waals surface area contributed by atoms with Crippen LogP contribution in [0.5, 0.6) is 0 Å². The zero-order valence-electron chi connectivity index (χ0n) is 20.3. The summed E-state index contributed by atoms with van der Waals surface area (Å²) >= 11 is 0. The average molecular weight is 489 g/mol. The molecule has 0 radical (unpaired) electrons. The van der Waals surface area contributed by atoms with E-state index in [2.05, 4.69) is 9.97 Å². The summed E-state index contributed by atoms with van der Waals surface area (Å²) in [6, 6.07) is 17.7. The van der Waals surface area contributed by atoms with Crippen molar-refractivity contribution in [1.29, 1.82) is 0 Å². The molecule has 4 rings (SSSR count). The number of aliphatic carboxylic acids is 1. The molecule has 0 amide bonds. The van der Waals surface area contributed by atoms with Crippen LogP contribution in [0, 0.1) is 11.7 Å². The molecule has 2 N–H and O–H groups in total. The maximum absolute atomic E-state index is 13.8. The van der Waals surface area contributed by atoms with Gasteiger partial charge in [0, 0.05) is 30.3 Å².